The summed E-state index contributed by atoms with van der Waals surface area (Å²) in [5.41, 5.74) is 1.21. The predicted molar refractivity (Wildman–Crippen MR) is 103 cm³/mol. The van der Waals surface area contributed by atoms with Gasteiger partial charge in [0.05, 0.1) is 16.1 Å². The van der Waals surface area contributed by atoms with Crippen molar-refractivity contribution in [3.8, 4) is 6.07 Å². The lowest BCUT2D eigenvalue weighted by molar-refractivity contribution is -0.137. The lowest BCUT2D eigenvalue weighted by Crippen LogP contribution is -2.06. The van der Waals surface area contributed by atoms with E-state index in [9.17, 15) is 19.6 Å². The van der Waals surface area contributed by atoms with Crippen LogP contribution in [0.15, 0.2) is 54.3 Å². The molecule has 0 bridgehead atoms. The van der Waals surface area contributed by atoms with Crippen molar-refractivity contribution in [1.29, 1.82) is 5.26 Å². The molecule has 0 amide bonds. The number of aliphatic hydroxyl groups excluding tert-OH is 1. The number of rotatable bonds is 5. The molecule has 28 heavy (non-hydrogen) atoms. The molecule has 0 saturated carbocycles. The largest absolute Gasteiger partial charge is 0.507 e. The number of benzene rings is 2. The molecular weight excluding hydrogens is 385 g/mol. The number of ether oxygens (including phenoxy) is 1. The van der Waals surface area contributed by atoms with Crippen molar-refractivity contribution in [3.63, 3.8) is 0 Å². The standard InChI is InChI=1S/C20H13ClFN3O3/c21-14-4-3-5-15(22)12(14)8-9-19(27)28-11-18(26)13(10-23)20-24-16-6-1-2-7-17(16)25-20/h1-9,26H,11H2,(H,24,25)/b9-8+,18-13-. The van der Waals surface area contributed by atoms with Crippen LogP contribution < -0.4 is 0 Å². The number of nitriles is 1. The zero-order valence-corrected chi connectivity index (χ0v) is 15.1. The molecule has 3 rings (SSSR count). The number of hydrogen-bond acceptors (Lipinski definition) is 5. The molecule has 1 aromatic heterocycles. The van der Waals surface area contributed by atoms with Crippen molar-refractivity contribution >= 4 is 40.3 Å². The Morgan fingerprint density at radius 2 is 2.11 bits per heavy atom. The predicted octanol–water partition coefficient (Wildman–Crippen LogP) is 4.40. The first-order valence-corrected chi connectivity index (χ1v) is 8.43. The van der Waals surface area contributed by atoms with Gasteiger partial charge in [-0.05, 0) is 30.3 Å². The maximum atomic E-state index is 13.7. The molecular formula is C20H13ClFN3O3. The fraction of sp³-hybridized carbons (Fsp3) is 0.0500. The van der Waals surface area contributed by atoms with E-state index in [1.807, 2.05) is 6.07 Å². The molecule has 0 saturated heterocycles. The molecule has 3 aromatic rings. The monoisotopic (exact) mass is 397 g/mol. The maximum Gasteiger partial charge on any atom is 0.331 e. The summed E-state index contributed by atoms with van der Waals surface area (Å²) < 4.78 is 18.6. The minimum Gasteiger partial charge on any atom is -0.507 e. The number of aliphatic hydroxyl groups is 1. The SMILES string of the molecule is N#C/C(=C(/O)COC(=O)/C=C/c1c(F)cccc1Cl)c1nc2ccccc2[nH]1. The number of fused-ring (bicyclic) bond motifs is 1. The van der Waals surface area contributed by atoms with E-state index >= 15 is 0 Å². The van der Waals surface area contributed by atoms with Gasteiger partial charge >= 0.3 is 5.97 Å². The summed E-state index contributed by atoms with van der Waals surface area (Å²) in [5.74, 6) is -1.73. The molecule has 0 aliphatic heterocycles. The highest BCUT2D eigenvalue weighted by molar-refractivity contribution is 6.32. The molecule has 0 aliphatic carbocycles. The second-order valence-electron chi connectivity index (χ2n) is 5.61. The van der Waals surface area contributed by atoms with Crippen LogP contribution in [0.25, 0.3) is 22.7 Å². The first kappa shape index (κ1) is 19.1. The number of allylic oxidation sites excluding steroid dienone is 1. The Labute approximate surface area is 164 Å². The Hall–Kier alpha value is -3.63. The van der Waals surface area contributed by atoms with Crippen molar-refractivity contribution in [2.45, 2.75) is 0 Å². The summed E-state index contributed by atoms with van der Waals surface area (Å²) in [4.78, 5) is 18.9. The second-order valence-corrected chi connectivity index (χ2v) is 6.02. The first-order chi connectivity index (χ1) is 13.5. The Balaban J connectivity index is 1.72. The fourth-order valence-corrected chi connectivity index (χ4v) is 2.63. The van der Waals surface area contributed by atoms with Gasteiger partial charge in [-0.1, -0.05) is 29.8 Å². The third kappa shape index (κ3) is 4.19. The van der Waals surface area contributed by atoms with Crippen molar-refractivity contribution in [3.05, 3.63) is 76.5 Å². The lowest BCUT2D eigenvalue weighted by atomic mass is 10.2. The number of esters is 1. The lowest BCUT2D eigenvalue weighted by Gasteiger charge is -2.03. The van der Waals surface area contributed by atoms with Crippen molar-refractivity contribution in [2.24, 2.45) is 0 Å². The van der Waals surface area contributed by atoms with Crippen LogP contribution in [0, 0.1) is 17.1 Å². The van der Waals surface area contributed by atoms with E-state index in [0.29, 0.717) is 11.0 Å². The van der Waals surface area contributed by atoms with Gasteiger partial charge in [-0.25, -0.2) is 14.2 Å². The molecule has 0 atom stereocenters. The van der Waals surface area contributed by atoms with Crippen LogP contribution in [0.1, 0.15) is 11.4 Å². The van der Waals surface area contributed by atoms with Crippen molar-refractivity contribution in [2.75, 3.05) is 6.61 Å². The number of aromatic amines is 1. The van der Waals surface area contributed by atoms with Gasteiger partial charge in [-0.3, -0.25) is 0 Å². The van der Waals surface area contributed by atoms with Crippen molar-refractivity contribution in [1.82, 2.24) is 9.97 Å². The quantitative estimate of drug-likeness (QED) is 0.287. The average molecular weight is 398 g/mol. The minimum atomic E-state index is -0.840. The molecule has 2 aromatic carbocycles. The second kappa shape index (κ2) is 8.37. The number of nitrogens with zero attached hydrogens (tertiary/aromatic N) is 2. The number of aromatic nitrogens is 2. The number of para-hydroxylation sites is 2. The number of hydrogen-bond donors (Lipinski definition) is 2. The van der Waals surface area contributed by atoms with Crippen LogP contribution >= 0.6 is 11.6 Å². The summed E-state index contributed by atoms with van der Waals surface area (Å²) in [7, 11) is 0. The topological polar surface area (TPSA) is 99.0 Å². The molecule has 0 spiro atoms. The highest BCUT2D eigenvalue weighted by Gasteiger charge is 2.14. The van der Waals surface area contributed by atoms with E-state index in [1.165, 1.54) is 24.3 Å². The Morgan fingerprint density at radius 1 is 1.32 bits per heavy atom. The van der Waals surface area contributed by atoms with Gasteiger partial charge in [0.25, 0.3) is 0 Å². The van der Waals surface area contributed by atoms with Crippen LogP contribution in [0.2, 0.25) is 5.02 Å². The summed E-state index contributed by atoms with van der Waals surface area (Å²) >= 11 is 5.86. The zero-order chi connectivity index (χ0) is 20.1. The van der Waals surface area contributed by atoms with Gasteiger partial charge < -0.3 is 14.8 Å². The van der Waals surface area contributed by atoms with E-state index < -0.39 is 24.2 Å². The van der Waals surface area contributed by atoms with Gasteiger partial charge in [0.1, 0.15) is 24.1 Å². The molecule has 8 heteroatoms. The normalized spacial score (nSPS) is 12.0. The van der Waals surface area contributed by atoms with E-state index in [0.717, 1.165) is 6.08 Å². The molecule has 1 heterocycles. The van der Waals surface area contributed by atoms with E-state index in [2.05, 4.69) is 9.97 Å². The van der Waals surface area contributed by atoms with Gasteiger partial charge in [-0.2, -0.15) is 5.26 Å². The molecule has 0 fully saturated rings. The minimum absolute atomic E-state index is 0.0425. The Kier molecular flexibility index (Phi) is 5.72. The molecule has 6 nitrogen and oxygen atoms in total. The highest BCUT2D eigenvalue weighted by Crippen LogP contribution is 2.21. The van der Waals surface area contributed by atoms with Crippen LogP contribution in [-0.4, -0.2) is 27.7 Å². The highest BCUT2D eigenvalue weighted by atomic mass is 35.5. The molecule has 2 N–H and O–H groups in total. The van der Waals surface area contributed by atoms with Crippen LogP contribution in [-0.2, 0) is 9.53 Å². The van der Waals surface area contributed by atoms with Crippen LogP contribution in [0.3, 0.4) is 0 Å². The third-order valence-corrected chi connectivity index (χ3v) is 4.09. The summed E-state index contributed by atoms with van der Waals surface area (Å²) in [6.45, 7) is -0.548. The van der Waals surface area contributed by atoms with Crippen molar-refractivity contribution < 1.29 is 19.0 Å². The number of nitrogens with one attached hydrogen (secondary N) is 1. The number of carbonyl (C=O) groups is 1. The summed E-state index contributed by atoms with van der Waals surface area (Å²) in [6.07, 6.45) is 2.15. The van der Waals surface area contributed by atoms with E-state index in [-0.39, 0.29) is 22.0 Å². The first-order valence-electron chi connectivity index (χ1n) is 8.05. The number of carbonyl (C=O) groups excluding carboxylic acids is 1. The summed E-state index contributed by atoms with van der Waals surface area (Å²) in [6, 6.07) is 13.1. The van der Waals surface area contributed by atoms with E-state index in [1.54, 1.807) is 24.3 Å². The number of imidazole rings is 1. The van der Waals surface area contributed by atoms with E-state index in [4.69, 9.17) is 16.3 Å². The third-order valence-electron chi connectivity index (χ3n) is 3.76. The Bertz CT molecular complexity index is 1090. The maximum absolute atomic E-state index is 13.7. The average Bonchev–Trinajstić information content (AvgIpc) is 3.10. The van der Waals surface area contributed by atoms with Crippen LogP contribution in [0.5, 0.6) is 0 Å². The van der Waals surface area contributed by atoms with Gasteiger partial charge in [0, 0.05) is 11.6 Å². The van der Waals surface area contributed by atoms with Gasteiger partial charge in [0.2, 0.25) is 0 Å². The van der Waals surface area contributed by atoms with Gasteiger partial charge in [-0.15, -0.1) is 0 Å². The molecule has 0 radical (unpaired) electrons. The van der Waals surface area contributed by atoms with Gasteiger partial charge in [0.15, 0.2) is 11.6 Å². The Morgan fingerprint density at radius 3 is 2.82 bits per heavy atom. The zero-order valence-electron chi connectivity index (χ0n) is 14.3. The molecule has 0 aliphatic rings. The molecule has 140 valence electrons. The number of halogens is 2. The fourth-order valence-electron chi connectivity index (χ4n) is 2.41. The smallest absolute Gasteiger partial charge is 0.331 e. The summed E-state index contributed by atoms with van der Waals surface area (Å²) in [5, 5.41) is 19.6. The van der Waals surface area contributed by atoms with Crippen LogP contribution in [0.4, 0.5) is 4.39 Å². The molecule has 0 unspecified atom stereocenters. The number of H-pyrrole nitrogens is 1.